The number of fused-ring (bicyclic) bond motifs is 1. The van der Waals surface area contributed by atoms with E-state index in [1.165, 1.54) is 16.7 Å². The number of aryl methyl sites for hydroxylation is 1. The van der Waals surface area contributed by atoms with E-state index in [-0.39, 0.29) is 11.5 Å². The van der Waals surface area contributed by atoms with Gasteiger partial charge in [-0.25, -0.2) is 0 Å². The first-order valence-electron chi connectivity index (χ1n) is 10.5. The van der Waals surface area contributed by atoms with Crippen LogP contribution >= 0.6 is 0 Å². The molecule has 0 saturated carbocycles. The third-order valence-corrected chi connectivity index (χ3v) is 6.73. The molecular weight excluding hydrogens is 352 g/mol. The Bertz CT molecular complexity index is 824. The molecule has 1 aromatic carbocycles. The van der Waals surface area contributed by atoms with Crippen molar-refractivity contribution < 1.29 is 13.9 Å². The molecule has 2 saturated heterocycles. The van der Waals surface area contributed by atoms with Gasteiger partial charge < -0.3 is 14.1 Å². The number of benzene rings is 1. The molecule has 3 heterocycles. The highest BCUT2D eigenvalue weighted by Gasteiger charge is 2.42. The average Bonchev–Trinajstić information content (AvgIpc) is 3.38. The van der Waals surface area contributed by atoms with Crippen LogP contribution < -0.4 is 0 Å². The molecule has 1 atom stereocenters. The Morgan fingerprint density at radius 2 is 2.00 bits per heavy atom. The van der Waals surface area contributed by atoms with E-state index in [9.17, 15) is 4.79 Å². The van der Waals surface area contributed by atoms with Crippen molar-refractivity contribution in [2.75, 3.05) is 32.8 Å². The molecule has 1 spiro atoms. The molecule has 148 valence electrons. The van der Waals surface area contributed by atoms with Crippen LogP contribution in [0.2, 0.25) is 0 Å². The maximum absolute atomic E-state index is 13.2. The van der Waals surface area contributed by atoms with Crippen LogP contribution in [0.5, 0.6) is 0 Å². The molecule has 5 nitrogen and oxygen atoms in total. The lowest BCUT2D eigenvalue weighted by Gasteiger charge is -2.47. The zero-order chi connectivity index (χ0) is 19.0. The smallest absolute Gasteiger partial charge is 0.230 e. The van der Waals surface area contributed by atoms with Crippen LogP contribution in [0, 0.1) is 0 Å². The standard InChI is InChI=1S/C23H28N2O3/c26-22(21-6-5-19-3-1-2-4-20(19)21)25-10-8-23(9-11-25)17-24(12-14-28-23)15-18-7-13-27-16-18/h1-4,7,13,16,21H,5-6,8-12,14-15,17H2. The van der Waals surface area contributed by atoms with Crippen LogP contribution in [-0.4, -0.2) is 54.1 Å². The van der Waals surface area contributed by atoms with Crippen LogP contribution in [0.4, 0.5) is 0 Å². The van der Waals surface area contributed by atoms with Crippen LogP contribution in [0.3, 0.4) is 0 Å². The Kier molecular flexibility index (Phi) is 4.73. The van der Waals surface area contributed by atoms with Crippen LogP contribution in [0.1, 0.15) is 41.9 Å². The first kappa shape index (κ1) is 18.0. The quantitative estimate of drug-likeness (QED) is 0.820. The molecule has 28 heavy (non-hydrogen) atoms. The number of amides is 1. The first-order valence-corrected chi connectivity index (χ1v) is 10.5. The van der Waals surface area contributed by atoms with E-state index in [2.05, 4.69) is 34.1 Å². The predicted octanol–water partition coefficient (Wildman–Crippen LogP) is 3.20. The maximum atomic E-state index is 13.2. The van der Waals surface area contributed by atoms with Gasteiger partial charge in [0.2, 0.25) is 5.91 Å². The summed E-state index contributed by atoms with van der Waals surface area (Å²) >= 11 is 0. The summed E-state index contributed by atoms with van der Waals surface area (Å²) in [5.41, 5.74) is 3.70. The lowest BCUT2D eigenvalue weighted by molar-refractivity contribution is -0.152. The van der Waals surface area contributed by atoms with E-state index >= 15 is 0 Å². The molecule has 0 bridgehead atoms. The number of hydrogen-bond acceptors (Lipinski definition) is 4. The molecular formula is C23H28N2O3. The zero-order valence-corrected chi connectivity index (χ0v) is 16.3. The molecule has 1 amide bonds. The van der Waals surface area contributed by atoms with Gasteiger partial charge in [-0.3, -0.25) is 9.69 Å². The van der Waals surface area contributed by atoms with E-state index in [1.807, 2.05) is 12.3 Å². The topological polar surface area (TPSA) is 45.9 Å². The minimum absolute atomic E-state index is 0.0510. The molecule has 1 aromatic heterocycles. The van der Waals surface area contributed by atoms with Crippen molar-refractivity contribution >= 4 is 5.91 Å². The summed E-state index contributed by atoms with van der Waals surface area (Å²) in [6.07, 6.45) is 7.38. The molecule has 1 aliphatic carbocycles. The molecule has 0 N–H and O–H groups in total. The Balaban J connectivity index is 1.21. The molecule has 2 aliphatic heterocycles. The van der Waals surface area contributed by atoms with E-state index in [1.54, 1.807) is 6.26 Å². The van der Waals surface area contributed by atoms with Crippen LogP contribution in [0.15, 0.2) is 47.3 Å². The average molecular weight is 380 g/mol. The van der Waals surface area contributed by atoms with Crippen molar-refractivity contribution in [1.29, 1.82) is 0 Å². The van der Waals surface area contributed by atoms with Gasteiger partial charge in [-0.2, -0.15) is 0 Å². The Morgan fingerprint density at radius 1 is 1.14 bits per heavy atom. The first-order chi connectivity index (χ1) is 13.7. The normalized spacial score (nSPS) is 24.4. The van der Waals surface area contributed by atoms with Crippen molar-refractivity contribution in [2.45, 2.75) is 43.7 Å². The van der Waals surface area contributed by atoms with E-state index in [4.69, 9.17) is 9.15 Å². The van der Waals surface area contributed by atoms with Gasteiger partial charge in [0.1, 0.15) is 0 Å². The van der Waals surface area contributed by atoms with Gasteiger partial charge in [-0.05, 0) is 42.9 Å². The lowest BCUT2D eigenvalue weighted by Crippen LogP contribution is -2.57. The zero-order valence-electron chi connectivity index (χ0n) is 16.3. The van der Waals surface area contributed by atoms with Gasteiger partial charge in [0.05, 0.1) is 30.7 Å². The summed E-state index contributed by atoms with van der Waals surface area (Å²) in [4.78, 5) is 17.7. The Hall–Kier alpha value is -2.11. The predicted molar refractivity (Wildman–Crippen MR) is 106 cm³/mol. The molecule has 5 heteroatoms. The highest BCUT2D eigenvalue weighted by atomic mass is 16.5. The molecule has 1 unspecified atom stereocenters. The van der Waals surface area contributed by atoms with Crippen molar-refractivity contribution in [2.24, 2.45) is 0 Å². The van der Waals surface area contributed by atoms with E-state index in [0.29, 0.717) is 5.91 Å². The number of furan rings is 1. The molecule has 2 aromatic rings. The third-order valence-electron chi connectivity index (χ3n) is 6.73. The molecule has 2 fully saturated rings. The number of ether oxygens (including phenoxy) is 1. The van der Waals surface area contributed by atoms with Crippen LogP contribution in [-0.2, 0) is 22.5 Å². The molecule has 3 aliphatic rings. The van der Waals surface area contributed by atoms with Crippen molar-refractivity contribution in [3.8, 4) is 0 Å². The second kappa shape index (κ2) is 7.37. The number of carbonyl (C=O) groups excluding carboxylic acids is 1. The summed E-state index contributed by atoms with van der Waals surface area (Å²) in [5, 5.41) is 0. The monoisotopic (exact) mass is 380 g/mol. The van der Waals surface area contributed by atoms with Gasteiger partial charge in [0.15, 0.2) is 0 Å². The van der Waals surface area contributed by atoms with Crippen LogP contribution in [0.25, 0.3) is 0 Å². The van der Waals surface area contributed by atoms with Gasteiger partial charge >= 0.3 is 0 Å². The van der Waals surface area contributed by atoms with Gasteiger partial charge in [-0.15, -0.1) is 0 Å². The Labute approximate surface area is 166 Å². The largest absolute Gasteiger partial charge is 0.472 e. The summed E-state index contributed by atoms with van der Waals surface area (Å²) in [5.74, 6) is 0.362. The fraction of sp³-hybridized carbons (Fsp3) is 0.522. The molecule has 5 rings (SSSR count). The van der Waals surface area contributed by atoms with E-state index < -0.39 is 0 Å². The fourth-order valence-electron chi connectivity index (χ4n) is 5.17. The second-order valence-corrected chi connectivity index (χ2v) is 8.49. The molecule has 0 radical (unpaired) electrons. The number of nitrogens with zero attached hydrogens (tertiary/aromatic N) is 2. The number of morpholine rings is 1. The number of carbonyl (C=O) groups is 1. The lowest BCUT2D eigenvalue weighted by atomic mass is 9.88. The summed E-state index contributed by atoms with van der Waals surface area (Å²) in [7, 11) is 0. The van der Waals surface area contributed by atoms with Gasteiger partial charge in [0.25, 0.3) is 0 Å². The number of hydrogen-bond donors (Lipinski definition) is 0. The van der Waals surface area contributed by atoms with Gasteiger partial charge in [-0.1, -0.05) is 24.3 Å². The maximum Gasteiger partial charge on any atom is 0.230 e. The highest BCUT2D eigenvalue weighted by Crippen LogP contribution is 2.37. The number of likely N-dealkylation sites (tertiary alicyclic amines) is 1. The second-order valence-electron chi connectivity index (χ2n) is 8.49. The fourth-order valence-corrected chi connectivity index (χ4v) is 5.17. The van der Waals surface area contributed by atoms with E-state index in [0.717, 1.165) is 65.0 Å². The summed E-state index contributed by atoms with van der Waals surface area (Å²) in [6.45, 7) is 5.17. The minimum Gasteiger partial charge on any atom is -0.472 e. The van der Waals surface area contributed by atoms with Crippen molar-refractivity contribution in [3.63, 3.8) is 0 Å². The van der Waals surface area contributed by atoms with Crippen molar-refractivity contribution in [1.82, 2.24) is 9.80 Å². The SMILES string of the molecule is O=C(C1CCc2ccccc21)N1CCC2(CC1)CN(Cc1ccoc1)CCO2. The van der Waals surface area contributed by atoms with Crippen molar-refractivity contribution in [3.05, 3.63) is 59.5 Å². The minimum atomic E-state index is -0.105. The highest BCUT2D eigenvalue weighted by molar-refractivity contribution is 5.85. The van der Waals surface area contributed by atoms with Gasteiger partial charge in [0, 0.05) is 38.3 Å². The number of piperidine rings is 1. The Morgan fingerprint density at radius 3 is 2.82 bits per heavy atom. The third kappa shape index (κ3) is 3.38. The summed E-state index contributed by atoms with van der Waals surface area (Å²) < 4.78 is 11.5. The number of rotatable bonds is 3. The summed E-state index contributed by atoms with van der Waals surface area (Å²) in [6, 6.07) is 10.5.